The zero-order valence-electron chi connectivity index (χ0n) is 16.9. The van der Waals surface area contributed by atoms with E-state index in [2.05, 4.69) is 27.0 Å². The monoisotopic (exact) mass is 400 g/mol. The number of rotatable bonds is 8. The molecule has 6 heteroatoms. The molecule has 2 aromatic carbocycles. The van der Waals surface area contributed by atoms with Gasteiger partial charge in [-0.15, -0.1) is 0 Å². The van der Waals surface area contributed by atoms with Gasteiger partial charge in [-0.1, -0.05) is 36.4 Å². The lowest BCUT2D eigenvalue weighted by atomic mass is 10.2. The molecule has 0 fully saturated rings. The molecule has 0 aliphatic rings. The van der Waals surface area contributed by atoms with Gasteiger partial charge in [-0.25, -0.2) is 9.97 Å². The van der Waals surface area contributed by atoms with Crippen molar-refractivity contribution in [3.05, 3.63) is 84.3 Å². The molecule has 0 spiro atoms. The molecule has 4 rings (SSSR count). The SMILES string of the molecule is COc1cccc(NC(=O)CCCc2nc3cccnc3n2Cc2ccccc2)c1. The summed E-state index contributed by atoms with van der Waals surface area (Å²) in [6, 6.07) is 21.5. The first-order valence-corrected chi connectivity index (χ1v) is 10.0. The number of anilines is 1. The first-order chi connectivity index (χ1) is 14.7. The molecule has 2 heterocycles. The highest BCUT2D eigenvalue weighted by molar-refractivity contribution is 5.90. The molecule has 0 atom stereocenters. The van der Waals surface area contributed by atoms with E-state index in [0.29, 0.717) is 25.8 Å². The highest BCUT2D eigenvalue weighted by atomic mass is 16.5. The van der Waals surface area contributed by atoms with Crippen LogP contribution in [0.5, 0.6) is 5.75 Å². The molecule has 1 N–H and O–H groups in total. The Labute approximate surface area is 175 Å². The lowest BCUT2D eigenvalue weighted by Crippen LogP contribution is -2.12. The molecular weight excluding hydrogens is 376 g/mol. The fourth-order valence-electron chi connectivity index (χ4n) is 3.46. The molecule has 0 saturated heterocycles. The molecule has 0 bridgehead atoms. The van der Waals surface area contributed by atoms with Gasteiger partial charge in [-0.3, -0.25) is 4.79 Å². The Morgan fingerprint density at radius 3 is 2.77 bits per heavy atom. The van der Waals surface area contributed by atoms with Crippen molar-refractivity contribution in [1.29, 1.82) is 0 Å². The fraction of sp³-hybridized carbons (Fsp3) is 0.208. The fourth-order valence-corrected chi connectivity index (χ4v) is 3.46. The summed E-state index contributed by atoms with van der Waals surface area (Å²) in [7, 11) is 1.61. The molecule has 0 radical (unpaired) electrons. The van der Waals surface area contributed by atoms with Crippen LogP contribution in [0.4, 0.5) is 5.69 Å². The lowest BCUT2D eigenvalue weighted by molar-refractivity contribution is -0.116. The second kappa shape index (κ2) is 9.22. The van der Waals surface area contributed by atoms with Crippen LogP contribution in [-0.2, 0) is 17.8 Å². The Balaban J connectivity index is 1.43. The number of hydrogen-bond acceptors (Lipinski definition) is 4. The normalized spacial score (nSPS) is 10.8. The van der Waals surface area contributed by atoms with Crippen LogP contribution < -0.4 is 10.1 Å². The van der Waals surface area contributed by atoms with Crippen molar-refractivity contribution in [2.24, 2.45) is 0 Å². The minimum absolute atomic E-state index is 0.0212. The largest absolute Gasteiger partial charge is 0.497 e. The number of carbonyl (C=O) groups is 1. The Morgan fingerprint density at radius 1 is 1.07 bits per heavy atom. The van der Waals surface area contributed by atoms with Crippen molar-refractivity contribution in [2.75, 3.05) is 12.4 Å². The third kappa shape index (κ3) is 4.66. The summed E-state index contributed by atoms with van der Waals surface area (Å²) in [6.45, 7) is 0.708. The average Bonchev–Trinajstić information content (AvgIpc) is 3.12. The number of hydrogen-bond donors (Lipinski definition) is 1. The highest BCUT2D eigenvalue weighted by Crippen LogP contribution is 2.19. The summed E-state index contributed by atoms with van der Waals surface area (Å²) in [5, 5.41) is 2.93. The van der Waals surface area contributed by atoms with E-state index < -0.39 is 0 Å². The van der Waals surface area contributed by atoms with Crippen LogP contribution in [0.15, 0.2) is 72.9 Å². The van der Waals surface area contributed by atoms with E-state index in [0.717, 1.165) is 28.4 Å². The molecule has 6 nitrogen and oxygen atoms in total. The average molecular weight is 400 g/mol. The molecule has 30 heavy (non-hydrogen) atoms. The molecule has 0 saturated carbocycles. The van der Waals surface area contributed by atoms with Gasteiger partial charge in [0.1, 0.15) is 17.1 Å². The number of aryl methyl sites for hydroxylation is 1. The van der Waals surface area contributed by atoms with Crippen LogP contribution in [-0.4, -0.2) is 27.6 Å². The number of amides is 1. The van der Waals surface area contributed by atoms with E-state index in [4.69, 9.17) is 9.72 Å². The van der Waals surface area contributed by atoms with E-state index in [1.165, 1.54) is 5.56 Å². The van der Waals surface area contributed by atoms with Gasteiger partial charge in [0.15, 0.2) is 5.65 Å². The van der Waals surface area contributed by atoms with Crippen LogP contribution in [0, 0.1) is 0 Å². The molecule has 0 aliphatic carbocycles. The van der Waals surface area contributed by atoms with Gasteiger partial charge in [0.05, 0.1) is 13.7 Å². The number of imidazole rings is 1. The molecular formula is C24H24N4O2. The molecule has 4 aromatic rings. The second-order valence-electron chi connectivity index (χ2n) is 7.08. The minimum atomic E-state index is -0.0212. The number of carbonyl (C=O) groups excluding carboxylic acids is 1. The third-order valence-corrected chi connectivity index (χ3v) is 4.92. The zero-order valence-corrected chi connectivity index (χ0v) is 16.9. The van der Waals surface area contributed by atoms with Gasteiger partial charge in [-0.2, -0.15) is 0 Å². The van der Waals surface area contributed by atoms with E-state index in [-0.39, 0.29) is 5.91 Å². The van der Waals surface area contributed by atoms with Crippen molar-refractivity contribution >= 4 is 22.8 Å². The standard InChI is InChI=1S/C24H24N4O2/c1-30-20-11-5-10-19(16-20)26-23(29)14-6-13-22-27-21-12-7-15-25-24(21)28(22)17-18-8-3-2-4-9-18/h2-5,7-12,15-16H,6,13-14,17H2,1H3,(H,26,29). The summed E-state index contributed by atoms with van der Waals surface area (Å²) in [5.74, 6) is 1.64. The van der Waals surface area contributed by atoms with Crippen LogP contribution in [0.25, 0.3) is 11.2 Å². The number of nitrogens with one attached hydrogen (secondary N) is 1. The summed E-state index contributed by atoms with van der Waals surface area (Å²) in [5.41, 5.74) is 3.68. The Hall–Kier alpha value is -3.67. The van der Waals surface area contributed by atoms with E-state index in [1.54, 1.807) is 13.3 Å². The van der Waals surface area contributed by atoms with Crippen LogP contribution >= 0.6 is 0 Å². The predicted molar refractivity (Wildman–Crippen MR) is 118 cm³/mol. The molecule has 2 aromatic heterocycles. The van der Waals surface area contributed by atoms with Crippen molar-refractivity contribution in [3.63, 3.8) is 0 Å². The lowest BCUT2D eigenvalue weighted by Gasteiger charge is -2.09. The number of ether oxygens (including phenoxy) is 1. The summed E-state index contributed by atoms with van der Waals surface area (Å²) >= 11 is 0. The van der Waals surface area contributed by atoms with Gasteiger partial charge in [-0.05, 0) is 36.2 Å². The number of aromatic nitrogens is 3. The van der Waals surface area contributed by atoms with Crippen molar-refractivity contribution in [1.82, 2.24) is 14.5 Å². The van der Waals surface area contributed by atoms with Crippen molar-refractivity contribution < 1.29 is 9.53 Å². The summed E-state index contributed by atoms with van der Waals surface area (Å²) in [4.78, 5) is 21.6. The Bertz CT molecular complexity index is 1140. The summed E-state index contributed by atoms with van der Waals surface area (Å²) < 4.78 is 7.34. The maximum Gasteiger partial charge on any atom is 0.224 e. The second-order valence-corrected chi connectivity index (χ2v) is 7.08. The number of pyridine rings is 1. The van der Waals surface area contributed by atoms with E-state index >= 15 is 0 Å². The molecule has 0 unspecified atom stereocenters. The van der Waals surface area contributed by atoms with Gasteiger partial charge in [0, 0.05) is 30.8 Å². The van der Waals surface area contributed by atoms with E-state index in [9.17, 15) is 4.79 Å². The Morgan fingerprint density at radius 2 is 1.93 bits per heavy atom. The Kier molecular flexibility index (Phi) is 6.03. The summed E-state index contributed by atoms with van der Waals surface area (Å²) in [6.07, 6.45) is 3.61. The maximum atomic E-state index is 12.4. The first-order valence-electron chi connectivity index (χ1n) is 10.0. The zero-order chi connectivity index (χ0) is 20.8. The third-order valence-electron chi connectivity index (χ3n) is 4.92. The maximum absolute atomic E-state index is 12.4. The van der Waals surface area contributed by atoms with E-state index in [1.807, 2.05) is 54.6 Å². The number of nitrogens with zero attached hydrogens (tertiary/aromatic N) is 3. The number of benzene rings is 2. The van der Waals surface area contributed by atoms with Gasteiger partial charge in [0.25, 0.3) is 0 Å². The first kappa shape index (κ1) is 19.6. The quantitative estimate of drug-likeness (QED) is 0.474. The van der Waals surface area contributed by atoms with Crippen molar-refractivity contribution in [2.45, 2.75) is 25.8 Å². The van der Waals surface area contributed by atoms with Gasteiger partial charge in [0.2, 0.25) is 5.91 Å². The van der Waals surface area contributed by atoms with Crippen molar-refractivity contribution in [3.8, 4) is 5.75 Å². The highest BCUT2D eigenvalue weighted by Gasteiger charge is 2.13. The number of methoxy groups -OCH3 is 1. The smallest absolute Gasteiger partial charge is 0.224 e. The molecule has 1 amide bonds. The van der Waals surface area contributed by atoms with Gasteiger partial charge < -0.3 is 14.6 Å². The number of fused-ring (bicyclic) bond motifs is 1. The topological polar surface area (TPSA) is 69.0 Å². The van der Waals surface area contributed by atoms with Crippen LogP contribution in [0.1, 0.15) is 24.2 Å². The minimum Gasteiger partial charge on any atom is -0.497 e. The molecule has 0 aliphatic heterocycles. The van der Waals surface area contributed by atoms with Crippen LogP contribution in [0.3, 0.4) is 0 Å². The molecule has 152 valence electrons. The van der Waals surface area contributed by atoms with Gasteiger partial charge >= 0.3 is 0 Å². The van der Waals surface area contributed by atoms with Crippen LogP contribution in [0.2, 0.25) is 0 Å². The predicted octanol–water partition coefficient (Wildman–Crippen LogP) is 4.45.